The number of rotatable bonds is 6. The second kappa shape index (κ2) is 7.90. The molecule has 3 aliphatic carbocycles. The molecule has 2 aromatic heterocycles. The maximum atomic E-state index is 13.2. The van der Waals surface area contributed by atoms with Gasteiger partial charge in [0, 0.05) is 41.3 Å². The summed E-state index contributed by atoms with van der Waals surface area (Å²) in [6.45, 7) is 2.96. The summed E-state index contributed by atoms with van der Waals surface area (Å²) in [6.07, 6.45) is 18.7. The van der Waals surface area contributed by atoms with E-state index in [2.05, 4.69) is 41.3 Å². The molecule has 0 radical (unpaired) electrons. The van der Waals surface area contributed by atoms with Crippen LogP contribution in [0.5, 0.6) is 0 Å². The number of carbonyl (C=O) groups excluding carboxylic acids is 1. The van der Waals surface area contributed by atoms with E-state index < -0.39 is 0 Å². The summed E-state index contributed by atoms with van der Waals surface area (Å²) < 4.78 is 1.98. The zero-order valence-corrected chi connectivity index (χ0v) is 17.8. The third-order valence-corrected chi connectivity index (χ3v) is 7.29. The Morgan fingerprint density at radius 3 is 3.00 bits per heavy atom. The van der Waals surface area contributed by atoms with E-state index in [9.17, 15) is 4.79 Å². The van der Waals surface area contributed by atoms with Crippen molar-refractivity contribution >= 4 is 22.9 Å². The summed E-state index contributed by atoms with van der Waals surface area (Å²) in [5.74, 6) is 1.39. The normalized spacial score (nSPS) is 23.6. The first-order valence-electron chi connectivity index (χ1n) is 10.9. The molecular formula is C23H28N4OS. The zero-order chi connectivity index (χ0) is 19.8. The third-order valence-electron chi connectivity index (χ3n) is 6.40. The number of allylic oxidation sites excluding steroid dienone is 4. The standard InChI is InChI=1S/C23H28N4OS/c1-2-11-26(18-8-4-3-5-9-18)23(28)20-15-29-22(25-20)17-13-24-27(14-17)21-10-6-7-16-12-19(16)21/h6-7,10,13-16,18-19H,2-5,8-9,11-12H2,1H3. The number of nitrogens with zero attached hydrogens (tertiary/aromatic N) is 4. The lowest BCUT2D eigenvalue weighted by molar-refractivity contribution is 0.0629. The quantitative estimate of drug-likeness (QED) is 0.657. The van der Waals surface area contributed by atoms with Crippen LogP contribution in [0.3, 0.4) is 0 Å². The van der Waals surface area contributed by atoms with Crippen molar-refractivity contribution in [1.29, 1.82) is 0 Å². The van der Waals surface area contributed by atoms with Gasteiger partial charge in [-0.15, -0.1) is 11.3 Å². The molecule has 0 aromatic carbocycles. The van der Waals surface area contributed by atoms with E-state index in [0.29, 0.717) is 23.6 Å². The molecule has 29 heavy (non-hydrogen) atoms. The minimum absolute atomic E-state index is 0.0922. The molecule has 2 saturated carbocycles. The number of thiazole rings is 1. The van der Waals surface area contributed by atoms with E-state index in [1.807, 2.05) is 16.3 Å². The zero-order valence-electron chi connectivity index (χ0n) is 17.0. The maximum absolute atomic E-state index is 13.2. The molecule has 5 rings (SSSR count). The Hall–Kier alpha value is -2.21. The van der Waals surface area contributed by atoms with Crippen molar-refractivity contribution in [3.63, 3.8) is 0 Å². The first kappa shape index (κ1) is 18.8. The van der Waals surface area contributed by atoms with Gasteiger partial charge in [0.25, 0.3) is 5.91 Å². The molecule has 0 aliphatic heterocycles. The lowest BCUT2D eigenvalue weighted by Gasteiger charge is -2.33. The fourth-order valence-electron chi connectivity index (χ4n) is 4.74. The fraction of sp³-hybridized carbons (Fsp3) is 0.522. The molecule has 6 heteroatoms. The van der Waals surface area contributed by atoms with Gasteiger partial charge in [0.15, 0.2) is 0 Å². The molecule has 2 atom stereocenters. The van der Waals surface area contributed by atoms with Gasteiger partial charge in [-0.3, -0.25) is 4.79 Å². The highest BCUT2D eigenvalue weighted by Gasteiger charge is 2.40. The molecule has 0 bridgehead atoms. The summed E-state index contributed by atoms with van der Waals surface area (Å²) >= 11 is 1.54. The monoisotopic (exact) mass is 408 g/mol. The van der Waals surface area contributed by atoms with Crippen molar-refractivity contribution in [2.45, 2.75) is 57.9 Å². The Bertz CT molecular complexity index is 950. The molecule has 1 amide bonds. The molecule has 0 spiro atoms. The molecule has 0 N–H and O–H groups in total. The van der Waals surface area contributed by atoms with Crippen molar-refractivity contribution < 1.29 is 4.79 Å². The van der Waals surface area contributed by atoms with Crippen molar-refractivity contribution in [2.24, 2.45) is 11.8 Å². The molecule has 3 aliphatic rings. The van der Waals surface area contributed by atoms with Crippen LogP contribution in [-0.2, 0) is 0 Å². The van der Waals surface area contributed by atoms with Gasteiger partial charge in [0.2, 0.25) is 0 Å². The Morgan fingerprint density at radius 2 is 2.17 bits per heavy atom. The average molecular weight is 409 g/mol. The van der Waals surface area contributed by atoms with Crippen LogP contribution in [0.15, 0.2) is 36.0 Å². The van der Waals surface area contributed by atoms with Crippen LogP contribution in [-0.4, -0.2) is 38.2 Å². The Morgan fingerprint density at radius 1 is 1.31 bits per heavy atom. The first-order valence-corrected chi connectivity index (χ1v) is 11.8. The number of hydrogen-bond donors (Lipinski definition) is 0. The highest BCUT2D eigenvalue weighted by Crippen LogP contribution is 2.49. The SMILES string of the molecule is CCCN(C(=O)c1csc(-c2cnn(C3=CC=CC4CC34)c2)n1)C1CCCCC1. The van der Waals surface area contributed by atoms with Crippen LogP contribution in [0.25, 0.3) is 16.3 Å². The molecule has 152 valence electrons. The fourth-order valence-corrected chi connectivity index (χ4v) is 5.51. The first-order chi connectivity index (χ1) is 14.2. The van der Waals surface area contributed by atoms with Crippen LogP contribution in [0.2, 0.25) is 0 Å². The molecule has 0 saturated heterocycles. The Kier molecular flexibility index (Phi) is 5.12. The second-order valence-electron chi connectivity index (χ2n) is 8.48. The molecule has 2 unspecified atom stereocenters. The highest BCUT2D eigenvalue weighted by atomic mass is 32.1. The van der Waals surface area contributed by atoms with Gasteiger partial charge in [-0.1, -0.05) is 38.3 Å². The topological polar surface area (TPSA) is 51.0 Å². The molecular weight excluding hydrogens is 380 g/mol. The van der Waals surface area contributed by atoms with Crippen LogP contribution < -0.4 is 0 Å². The van der Waals surface area contributed by atoms with Crippen LogP contribution in [0, 0.1) is 11.8 Å². The minimum atomic E-state index is 0.0922. The van der Waals surface area contributed by atoms with Gasteiger partial charge >= 0.3 is 0 Å². The Labute approximate surface area is 176 Å². The van der Waals surface area contributed by atoms with Gasteiger partial charge < -0.3 is 4.90 Å². The largest absolute Gasteiger partial charge is 0.334 e. The van der Waals surface area contributed by atoms with Gasteiger partial charge in [-0.2, -0.15) is 5.10 Å². The Balaban J connectivity index is 1.34. The highest BCUT2D eigenvalue weighted by molar-refractivity contribution is 7.13. The molecule has 2 fully saturated rings. The predicted octanol–water partition coefficient (Wildman–Crippen LogP) is 5.24. The number of carbonyl (C=O) groups is 1. The lowest BCUT2D eigenvalue weighted by Crippen LogP contribution is -2.42. The maximum Gasteiger partial charge on any atom is 0.273 e. The van der Waals surface area contributed by atoms with Crippen molar-refractivity contribution in [3.8, 4) is 10.6 Å². The van der Waals surface area contributed by atoms with E-state index in [1.54, 1.807) is 0 Å². The van der Waals surface area contributed by atoms with Crippen molar-refractivity contribution in [1.82, 2.24) is 19.7 Å². The smallest absolute Gasteiger partial charge is 0.273 e. The second-order valence-corrected chi connectivity index (χ2v) is 9.34. The van der Waals surface area contributed by atoms with Crippen LogP contribution in [0.1, 0.15) is 62.4 Å². The minimum Gasteiger partial charge on any atom is -0.334 e. The number of fused-ring (bicyclic) bond motifs is 1. The van der Waals surface area contributed by atoms with E-state index in [4.69, 9.17) is 4.98 Å². The predicted molar refractivity (Wildman–Crippen MR) is 117 cm³/mol. The lowest BCUT2D eigenvalue weighted by atomic mass is 9.94. The van der Waals surface area contributed by atoms with Crippen LogP contribution >= 0.6 is 11.3 Å². The molecule has 2 aromatic rings. The van der Waals surface area contributed by atoms with E-state index in [0.717, 1.165) is 36.4 Å². The van der Waals surface area contributed by atoms with Gasteiger partial charge in [-0.05, 0) is 37.7 Å². The summed E-state index contributed by atoms with van der Waals surface area (Å²) in [5, 5.41) is 7.36. The summed E-state index contributed by atoms with van der Waals surface area (Å²) in [4.78, 5) is 20.0. The summed E-state index contributed by atoms with van der Waals surface area (Å²) in [6, 6.07) is 0.377. The molecule has 5 nitrogen and oxygen atoms in total. The van der Waals surface area contributed by atoms with Gasteiger partial charge in [0.05, 0.1) is 6.20 Å². The average Bonchev–Trinajstić information content (AvgIpc) is 3.15. The molecule has 2 heterocycles. The van der Waals surface area contributed by atoms with E-state index >= 15 is 0 Å². The third kappa shape index (κ3) is 3.70. The van der Waals surface area contributed by atoms with Gasteiger partial charge in [0.1, 0.15) is 10.7 Å². The summed E-state index contributed by atoms with van der Waals surface area (Å²) in [7, 11) is 0. The van der Waals surface area contributed by atoms with Crippen molar-refractivity contribution in [3.05, 3.63) is 41.7 Å². The van der Waals surface area contributed by atoms with E-state index in [1.165, 1.54) is 42.7 Å². The summed E-state index contributed by atoms with van der Waals surface area (Å²) in [5.41, 5.74) is 2.84. The van der Waals surface area contributed by atoms with Gasteiger partial charge in [-0.25, -0.2) is 9.67 Å². The number of aromatic nitrogens is 3. The van der Waals surface area contributed by atoms with Crippen LogP contribution in [0.4, 0.5) is 0 Å². The van der Waals surface area contributed by atoms with E-state index in [-0.39, 0.29) is 5.91 Å². The van der Waals surface area contributed by atoms with Crippen molar-refractivity contribution in [2.75, 3.05) is 6.54 Å². The number of amides is 1. The number of hydrogen-bond acceptors (Lipinski definition) is 4.